The highest BCUT2D eigenvalue weighted by Crippen LogP contribution is 1.84. The minimum atomic E-state index is 1.07. The molecule has 68 valence electrons. The molecule has 7 N–H and O–H groups in total. The van der Waals surface area contributed by atoms with Crippen LogP contribution in [0.25, 0.3) is 0 Å². The Morgan fingerprint density at radius 2 is 1.18 bits per heavy atom. The Kier molecular flexibility index (Phi) is 9.77. The van der Waals surface area contributed by atoms with Gasteiger partial charge < -0.3 is 16.8 Å². The van der Waals surface area contributed by atoms with Crippen molar-refractivity contribution in [3.05, 3.63) is 0 Å². The summed E-state index contributed by atoms with van der Waals surface area (Å²) in [6.07, 6.45) is 5.05. The standard InChI is InChI=1S/C8H21N3/c9-5-1-3-7-11-8-4-2-6-10/h11H,1-10H2/p+2. The van der Waals surface area contributed by atoms with Gasteiger partial charge in [0.05, 0.1) is 13.1 Å². The van der Waals surface area contributed by atoms with Crippen LogP contribution >= 0.6 is 0 Å². The highest BCUT2D eigenvalue weighted by Gasteiger charge is 1.88. The van der Waals surface area contributed by atoms with Gasteiger partial charge in [0.15, 0.2) is 0 Å². The van der Waals surface area contributed by atoms with Crippen LogP contribution < -0.4 is 16.8 Å². The normalized spacial score (nSPS) is 10.4. The number of hydrogen-bond donors (Lipinski definition) is 3. The second kappa shape index (κ2) is 9.88. The maximum Gasteiger partial charge on any atom is 0.0740 e. The fraction of sp³-hybridized carbons (Fsp3) is 1.00. The Hall–Kier alpha value is -0.120. The highest BCUT2D eigenvalue weighted by atomic mass is 14.8. The minimum Gasteiger partial charge on any atom is -0.358 e. The topological polar surface area (TPSA) is 67.3 Å². The smallest absolute Gasteiger partial charge is 0.0740 e. The number of quaternary nitrogens is 2. The lowest BCUT2D eigenvalue weighted by atomic mass is 10.3. The maximum absolute atomic E-state index is 3.80. The van der Waals surface area contributed by atoms with Crippen molar-refractivity contribution in [3.63, 3.8) is 0 Å². The summed E-state index contributed by atoms with van der Waals surface area (Å²) < 4.78 is 0. The Bertz CT molecular complexity index is 58.4. The summed E-state index contributed by atoms with van der Waals surface area (Å²) in [7, 11) is 0. The van der Waals surface area contributed by atoms with E-state index in [1.807, 2.05) is 0 Å². The predicted molar refractivity (Wildman–Crippen MR) is 46.8 cm³/mol. The first kappa shape index (κ1) is 10.9. The van der Waals surface area contributed by atoms with E-state index < -0.39 is 0 Å². The molecule has 0 aliphatic rings. The lowest BCUT2D eigenvalue weighted by molar-refractivity contribution is -0.368. The lowest BCUT2D eigenvalue weighted by Crippen LogP contribution is -2.50. The quantitative estimate of drug-likeness (QED) is 0.377. The first-order valence-electron chi connectivity index (χ1n) is 4.71. The zero-order valence-electron chi connectivity index (χ0n) is 7.57. The summed E-state index contributed by atoms with van der Waals surface area (Å²) >= 11 is 0. The second-order valence-corrected chi connectivity index (χ2v) is 2.87. The fourth-order valence-electron chi connectivity index (χ4n) is 0.979. The van der Waals surface area contributed by atoms with Gasteiger partial charge in [-0.15, -0.1) is 0 Å². The van der Waals surface area contributed by atoms with Crippen molar-refractivity contribution in [3.8, 4) is 0 Å². The molecular weight excluding hydrogens is 138 g/mol. The highest BCUT2D eigenvalue weighted by molar-refractivity contribution is 4.47. The Labute approximate surface area is 69.5 Å². The van der Waals surface area contributed by atoms with Gasteiger partial charge in [0.1, 0.15) is 0 Å². The van der Waals surface area contributed by atoms with Gasteiger partial charge in [-0.2, -0.15) is 0 Å². The van der Waals surface area contributed by atoms with Gasteiger partial charge >= 0.3 is 0 Å². The molecule has 3 nitrogen and oxygen atoms in total. The van der Waals surface area contributed by atoms with Gasteiger partial charge in [0, 0.05) is 0 Å². The summed E-state index contributed by atoms with van der Waals surface area (Å²) in [4.78, 5) is 0. The van der Waals surface area contributed by atoms with E-state index in [0.717, 1.165) is 26.2 Å². The molecule has 0 amide bonds. The van der Waals surface area contributed by atoms with Crippen LogP contribution in [0, 0.1) is 0 Å². The zero-order chi connectivity index (χ0) is 8.36. The van der Waals surface area contributed by atoms with Crippen molar-refractivity contribution in [2.24, 2.45) is 0 Å². The average molecular weight is 161 g/mol. The molecule has 0 rings (SSSR count). The van der Waals surface area contributed by atoms with Gasteiger partial charge in [-0.25, -0.2) is 0 Å². The van der Waals surface area contributed by atoms with Crippen LogP contribution in [0.3, 0.4) is 0 Å². The first-order chi connectivity index (χ1) is 5.41. The minimum absolute atomic E-state index is 1.07. The molecule has 0 aromatic rings. The molecule has 0 bridgehead atoms. The van der Waals surface area contributed by atoms with Crippen LogP contribution in [0.4, 0.5) is 0 Å². The fourth-order valence-corrected chi connectivity index (χ4v) is 0.979. The van der Waals surface area contributed by atoms with Gasteiger partial charge in [0.2, 0.25) is 0 Å². The number of unbranched alkanes of at least 4 members (excludes halogenated alkanes) is 2. The molecule has 0 saturated heterocycles. The molecule has 0 saturated carbocycles. The van der Waals surface area contributed by atoms with Crippen LogP contribution in [0.2, 0.25) is 0 Å². The van der Waals surface area contributed by atoms with Crippen LogP contribution in [-0.2, 0) is 0 Å². The van der Waals surface area contributed by atoms with Crippen LogP contribution in [-0.4, -0.2) is 26.2 Å². The lowest BCUT2D eigenvalue weighted by Gasteiger charge is -2.01. The molecule has 0 aliphatic carbocycles. The summed E-state index contributed by atoms with van der Waals surface area (Å²) in [6.45, 7) is 4.46. The Morgan fingerprint density at radius 3 is 1.55 bits per heavy atom. The molecule has 0 heterocycles. The summed E-state index contributed by atoms with van der Waals surface area (Å²) in [5, 5.41) is 3.40. The third-order valence-corrected chi connectivity index (χ3v) is 1.71. The van der Waals surface area contributed by atoms with Crippen molar-refractivity contribution in [1.82, 2.24) is 5.32 Å². The molecule has 0 radical (unpaired) electrons. The third kappa shape index (κ3) is 9.88. The van der Waals surface area contributed by atoms with Crippen molar-refractivity contribution in [2.45, 2.75) is 25.7 Å². The molecule has 3 heteroatoms. The van der Waals surface area contributed by atoms with Crippen LogP contribution in [0.15, 0.2) is 0 Å². The molecule has 11 heavy (non-hydrogen) atoms. The van der Waals surface area contributed by atoms with Gasteiger partial charge in [0.25, 0.3) is 0 Å². The first-order valence-corrected chi connectivity index (χ1v) is 4.71. The zero-order valence-corrected chi connectivity index (χ0v) is 7.57. The van der Waals surface area contributed by atoms with Gasteiger partial charge in [-0.1, -0.05) is 0 Å². The maximum atomic E-state index is 3.80. The molecule has 0 aromatic carbocycles. The largest absolute Gasteiger partial charge is 0.358 e. The molecule has 0 spiro atoms. The third-order valence-electron chi connectivity index (χ3n) is 1.71. The van der Waals surface area contributed by atoms with E-state index >= 15 is 0 Å². The second-order valence-electron chi connectivity index (χ2n) is 2.87. The van der Waals surface area contributed by atoms with Crippen LogP contribution in [0.5, 0.6) is 0 Å². The van der Waals surface area contributed by atoms with Crippen molar-refractivity contribution < 1.29 is 11.5 Å². The molecule has 0 unspecified atom stereocenters. The molecule has 0 aromatic heterocycles. The van der Waals surface area contributed by atoms with E-state index in [4.69, 9.17) is 0 Å². The van der Waals surface area contributed by atoms with Crippen LogP contribution in [0.1, 0.15) is 25.7 Å². The van der Waals surface area contributed by atoms with Gasteiger partial charge in [-0.3, -0.25) is 0 Å². The van der Waals surface area contributed by atoms with E-state index in [1.165, 1.54) is 25.7 Å². The van der Waals surface area contributed by atoms with Crippen molar-refractivity contribution in [1.29, 1.82) is 0 Å². The molecular formula is C8H23N3+2. The molecule has 0 fully saturated rings. The number of rotatable bonds is 8. The monoisotopic (exact) mass is 161 g/mol. The SMILES string of the molecule is [NH3+]CCCCNCCCC[NH3+]. The van der Waals surface area contributed by atoms with Gasteiger partial charge in [-0.05, 0) is 38.8 Å². The van der Waals surface area contributed by atoms with E-state index in [0.29, 0.717) is 0 Å². The number of nitrogens with one attached hydrogen (secondary N) is 1. The Balaban J connectivity index is 2.69. The number of hydrogen-bond acceptors (Lipinski definition) is 1. The van der Waals surface area contributed by atoms with E-state index in [-0.39, 0.29) is 0 Å². The van der Waals surface area contributed by atoms with Crippen molar-refractivity contribution in [2.75, 3.05) is 26.2 Å². The van der Waals surface area contributed by atoms with E-state index in [2.05, 4.69) is 16.8 Å². The summed E-state index contributed by atoms with van der Waals surface area (Å²) in [5.41, 5.74) is 7.59. The van der Waals surface area contributed by atoms with Crippen molar-refractivity contribution >= 4 is 0 Å². The van der Waals surface area contributed by atoms with E-state index in [9.17, 15) is 0 Å². The predicted octanol–water partition coefficient (Wildman–Crippen LogP) is -1.38. The molecule has 0 atom stereocenters. The molecule has 0 aliphatic heterocycles. The average Bonchev–Trinajstić information content (AvgIpc) is 2.03. The Morgan fingerprint density at radius 1 is 0.727 bits per heavy atom. The van der Waals surface area contributed by atoms with E-state index in [1.54, 1.807) is 0 Å². The summed E-state index contributed by atoms with van der Waals surface area (Å²) in [5.74, 6) is 0. The summed E-state index contributed by atoms with van der Waals surface area (Å²) in [6, 6.07) is 0.